The van der Waals surface area contributed by atoms with Gasteiger partial charge in [-0.05, 0) is 29.9 Å². The Morgan fingerprint density at radius 3 is 2.83 bits per heavy atom. The zero-order chi connectivity index (χ0) is 13.1. The largest absolute Gasteiger partial charge is 0.449 e. The first-order valence-corrected chi connectivity index (χ1v) is 7.71. The summed E-state index contributed by atoms with van der Waals surface area (Å²) >= 11 is 4.78. The number of alkyl halides is 1. The summed E-state index contributed by atoms with van der Waals surface area (Å²) in [5.41, 5.74) is 1.03. The zero-order valence-electron chi connectivity index (χ0n) is 9.83. The molecule has 0 aliphatic rings. The van der Waals surface area contributed by atoms with Gasteiger partial charge in [-0.15, -0.1) is 0 Å². The fourth-order valence-corrected chi connectivity index (χ4v) is 2.81. The summed E-state index contributed by atoms with van der Waals surface area (Å²) in [5, 5.41) is 1.59. The minimum atomic E-state index is -0.401. The maximum atomic E-state index is 13.4. The van der Waals surface area contributed by atoms with Crippen LogP contribution in [0, 0.1) is 5.82 Å². The van der Waals surface area contributed by atoms with Gasteiger partial charge in [0.05, 0.1) is 5.39 Å². The molecule has 5 heteroatoms. The van der Waals surface area contributed by atoms with Crippen LogP contribution in [-0.4, -0.2) is 11.1 Å². The van der Waals surface area contributed by atoms with Crippen molar-refractivity contribution in [3.8, 4) is 0 Å². The Balaban J connectivity index is 2.71. The van der Waals surface area contributed by atoms with Crippen molar-refractivity contribution in [1.82, 2.24) is 0 Å². The molecule has 18 heavy (non-hydrogen) atoms. The number of halogens is 2. The van der Waals surface area contributed by atoms with E-state index in [1.165, 1.54) is 30.0 Å². The number of aryl methyl sites for hydroxylation is 1. The van der Waals surface area contributed by atoms with E-state index in [0.717, 1.165) is 11.3 Å². The Kier molecular flexibility index (Phi) is 4.45. The van der Waals surface area contributed by atoms with Crippen LogP contribution in [0.5, 0.6) is 0 Å². The Labute approximate surface area is 117 Å². The Bertz CT molecular complexity index is 624. The van der Waals surface area contributed by atoms with Crippen molar-refractivity contribution in [2.45, 2.75) is 18.4 Å². The van der Waals surface area contributed by atoms with Crippen LogP contribution in [0.25, 0.3) is 11.0 Å². The van der Waals surface area contributed by atoms with Crippen molar-refractivity contribution in [3.63, 3.8) is 0 Å². The molecule has 2 rings (SSSR count). The van der Waals surface area contributed by atoms with Crippen LogP contribution in [0.2, 0.25) is 0 Å². The highest BCUT2D eigenvalue weighted by atomic mass is 79.9. The van der Waals surface area contributed by atoms with Crippen molar-refractivity contribution in [1.29, 1.82) is 0 Å². The number of fused-ring (bicyclic) bond motifs is 1. The molecule has 0 aliphatic heterocycles. The first-order valence-electron chi connectivity index (χ1n) is 5.60. The predicted octanol–water partition coefficient (Wildman–Crippen LogP) is 3.98. The molecule has 0 unspecified atom stereocenters. The van der Waals surface area contributed by atoms with Gasteiger partial charge < -0.3 is 4.42 Å². The Morgan fingerprint density at radius 2 is 2.17 bits per heavy atom. The fraction of sp³-hybridized carbons (Fsp3) is 0.308. The normalized spacial score (nSPS) is 11.1. The second-order valence-corrected chi connectivity index (χ2v) is 5.80. The van der Waals surface area contributed by atoms with E-state index in [-0.39, 0.29) is 5.43 Å². The fourth-order valence-electron chi connectivity index (χ4n) is 1.77. The molecule has 0 aliphatic carbocycles. The number of hydrogen-bond donors (Lipinski definition) is 0. The van der Waals surface area contributed by atoms with Crippen LogP contribution in [0.1, 0.15) is 12.5 Å². The van der Waals surface area contributed by atoms with E-state index in [4.69, 9.17) is 4.42 Å². The van der Waals surface area contributed by atoms with Gasteiger partial charge in [0.2, 0.25) is 0 Å². The van der Waals surface area contributed by atoms with Crippen LogP contribution < -0.4 is 5.43 Å². The van der Waals surface area contributed by atoms with Crippen molar-refractivity contribution in [2.24, 2.45) is 0 Å². The predicted molar refractivity (Wildman–Crippen MR) is 76.3 cm³/mol. The number of benzene rings is 1. The molecule has 0 saturated heterocycles. The van der Waals surface area contributed by atoms with Crippen LogP contribution in [-0.2, 0) is 6.42 Å². The molecule has 1 heterocycles. The molecule has 1 aromatic carbocycles. The zero-order valence-corrected chi connectivity index (χ0v) is 12.2. The topological polar surface area (TPSA) is 30.2 Å². The molecular formula is C13H12BrFO2S. The molecule has 0 N–H and O–H groups in total. The maximum absolute atomic E-state index is 13.4. The Hall–Kier alpha value is -0.810. The Morgan fingerprint density at radius 1 is 1.39 bits per heavy atom. The van der Waals surface area contributed by atoms with Gasteiger partial charge in [-0.1, -0.05) is 34.6 Å². The monoisotopic (exact) mass is 330 g/mol. The molecular weight excluding hydrogens is 319 g/mol. The molecule has 2 aromatic rings. The van der Waals surface area contributed by atoms with E-state index in [0.29, 0.717) is 27.8 Å². The third-order valence-corrected chi connectivity index (χ3v) is 3.67. The maximum Gasteiger partial charge on any atom is 0.193 e. The number of thioether (sulfide) groups is 1. The van der Waals surface area contributed by atoms with Crippen molar-refractivity contribution in [2.75, 3.05) is 11.1 Å². The summed E-state index contributed by atoms with van der Waals surface area (Å²) in [7, 11) is 0. The molecule has 96 valence electrons. The summed E-state index contributed by atoms with van der Waals surface area (Å²) in [6, 6.07) is 4.08. The van der Waals surface area contributed by atoms with E-state index in [1.807, 2.05) is 6.92 Å². The molecule has 0 saturated carbocycles. The first kappa shape index (κ1) is 13.6. The lowest BCUT2D eigenvalue weighted by molar-refractivity contribution is 0.496. The molecule has 0 bridgehead atoms. The van der Waals surface area contributed by atoms with Gasteiger partial charge in [0.1, 0.15) is 11.4 Å². The van der Waals surface area contributed by atoms with Crippen LogP contribution in [0.15, 0.2) is 32.5 Å². The van der Waals surface area contributed by atoms with E-state index >= 15 is 0 Å². The number of rotatable bonds is 4. The first-order chi connectivity index (χ1) is 8.65. The van der Waals surface area contributed by atoms with E-state index in [1.54, 1.807) is 0 Å². The molecule has 0 radical (unpaired) electrons. The highest BCUT2D eigenvalue weighted by Gasteiger charge is 2.11. The lowest BCUT2D eigenvalue weighted by atomic mass is 10.1. The minimum absolute atomic E-state index is 0.192. The third kappa shape index (κ3) is 2.78. The quantitative estimate of drug-likeness (QED) is 0.627. The lowest BCUT2D eigenvalue weighted by Crippen LogP contribution is -2.03. The molecule has 0 spiro atoms. The summed E-state index contributed by atoms with van der Waals surface area (Å²) in [5.74, 6) is 0.422. The van der Waals surface area contributed by atoms with Gasteiger partial charge in [0, 0.05) is 11.4 Å². The summed E-state index contributed by atoms with van der Waals surface area (Å²) in [4.78, 5) is 11.9. The van der Waals surface area contributed by atoms with E-state index < -0.39 is 5.82 Å². The highest BCUT2D eigenvalue weighted by molar-refractivity contribution is 9.09. The average molecular weight is 331 g/mol. The summed E-state index contributed by atoms with van der Waals surface area (Å²) in [6.45, 7) is 1.99. The summed E-state index contributed by atoms with van der Waals surface area (Å²) in [6.07, 6.45) is 0.622. The van der Waals surface area contributed by atoms with Gasteiger partial charge in [-0.3, -0.25) is 4.79 Å². The number of hydrogen-bond acceptors (Lipinski definition) is 3. The molecule has 0 atom stereocenters. The second kappa shape index (κ2) is 5.89. The average Bonchev–Trinajstić information content (AvgIpc) is 2.31. The molecule has 1 aromatic heterocycles. The highest BCUT2D eigenvalue weighted by Crippen LogP contribution is 2.25. The molecule has 0 amide bonds. The van der Waals surface area contributed by atoms with Crippen molar-refractivity contribution < 1.29 is 8.81 Å². The van der Waals surface area contributed by atoms with Crippen LogP contribution in [0.3, 0.4) is 0 Å². The van der Waals surface area contributed by atoms with Gasteiger partial charge >= 0.3 is 0 Å². The molecule has 2 nitrogen and oxygen atoms in total. The van der Waals surface area contributed by atoms with Gasteiger partial charge in [0.15, 0.2) is 10.5 Å². The minimum Gasteiger partial charge on any atom is -0.449 e. The van der Waals surface area contributed by atoms with Gasteiger partial charge in [0.25, 0.3) is 0 Å². The van der Waals surface area contributed by atoms with E-state index in [2.05, 4.69) is 15.9 Å². The van der Waals surface area contributed by atoms with Crippen LogP contribution >= 0.6 is 27.7 Å². The van der Waals surface area contributed by atoms with Gasteiger partial charge in [-0.2, -0.15) is 0 Å². The second-order valence-electron chi connectivity index (χ2n) is 3.74. The van der Waals surface area contributed by atoms with Gasteiger partial charge in [-0.25, -0.2) is 4.39 Å². The SMILES string of the molecule is CCSc1cc(=O)c2cc(F)cc(CCBr)c2o1. The lowest BCUT2D eigenvalue weighted by Gasteiger charge is -2.06. The van der Waals surface area contributed by atoms with E-state index in [9.17, 15) is 9.18 Å². The van der Waals surface area contributed by atoms with Crippen molar-refractivity contribution >= 4 is 38.7 Å². The van der Waals surface area contributed by atoms with Crippen molar-refractivity contribution in [3.05, 3.63) is 39.8 Å². The van der Waals surface area contributed by atoms with Crippen LogP contribution in [0.4, 0.5) is 4.39 Å². The smallest absolute Gasteiger partial charge is 0.193 e. The third-order valence-electron chi connectivity index (χ3n) is 2.50. The summed E-state index contributed by atoms with van der Waals surface area (Å²) < 4.78 is 19.1. The molecule has 0 fully saturated rings. The standard InChI is InChI=1S/C13H12BrFO2S/c1-2-18-12-7-11(16)10-6-9(15)5-8(3-4-14)13(10)17-12/h5-7H,2-4H2,1H3.